The molecule has 4 nitrogen and oxygen atoms in total. The molecule has 0 amide bonds. The summed E-state index contributed by atoms with van der Waals surface area (Å²) in [6, 6.07) is 6.47. The van der Waals surface area contributed by atoms with Crippen LogP contribution in [0.3, 0.4) is 0 Å². The van der Waals surface area contributed by atoms with Crippen LogP contribution in [0.4, 0.5) is 0 Å². The van der Waals surface area contributed by atoms with Gasteiger partial charge in [0.05, 0.1) is 18.5 Å². The van der Waals surface area contributed by atoms with Gasteiger partial charge in [-0.3, -0.25) is 0 Å². The summed E-state index contributed by atoms with van der Waals surface area (Å²) in [7, 11) is 1.72. The monoisotopic (exact) mass is 391 g/mol. The Bertz CT molecular complexity index is 899. The van der Waals surface area contributed by atoms with Gasteiger partial charge in [-0.25, -0.2) is 4.99 Å². The van der Waals surface area contributed by atoms with Crippen LogP contribution in [0.25, 0.3) is 6.08 Å². The Balaban J connectivity index is 1.71. The maximum Gasteiger partial charge on any atom is 0.146 e. The molecular formula is C25H33N3O. The van der Waals surface area contributed by atoms with Gasteiger partial charge in [0.1, 0.15) is 11.5 Å². The van der Waals surface area contributed by atoms with Crippen LogP contribution in [0.2, 0.25) is 0 Å². The normalized spacial score (nSPS) is 21.6. The van der Waals surface area contributed by atoms with E-state index in [1.807, 2.05) is 24.4 Å². The Morgan fingerprint density at radius 3 is 2.86 bits per heavy atom. The molecule has 1 atom stereocenters. The van der Waals surface area contributed by atoms with Gasteiger partial charge in [0.15, 0.2) is 0 Å². The van der Waals surface area contributed by atoms with Crippen molar-refractivity contribution in [3.05, 3.63) is 64.6 Å². The number of hydrogen-bond donors (Lipinski definition) is 2. The number of hydrogen-bond acceptors (Lipinski definition) is 2. The molecule has 154 valence electrons. The van der Waals surface area contributed by atoms with Gasteiger partial charge in [0.2, 0.25) is 0 Å². The average Bonchev–Trinajstić information content (AvgIpc) is 3.45. The van der Waals surface area contributed by atoms with E-state index in [1.165, 1.54) is 68.3 Å². The van der Waals surface area contributed by atoms with Crippen LogP contribution in [0.5, 0.6) is 0 Å². The second-order valence-electron chi connectivity index (χ2n) is 8.28. The van der Waals surface area contributed by atoms with E-state index in [0.717, 1.165) is 29.3 Å². The number of ether oxygens (including phenoxy) is 1. The summed E-state index contributed by atoms with van der Waals surface area (Å²) in [6.07, 6.45) is 17.7. The maximum atomic E-state index is 5.65. The Hall–Kier alpha value is -2.49. The van der Waals surface area contributed by atoms with Crippen LogP contribution in [-0.4, -0.2) is 22.8 Å². The van der Waals surface area contributed by atoms with E-state index in [4.69, 9.17) is 9.73 Å². The summed E-state index contributed by atoms with van der Waals surface area (Å²) in [5, 5.41) is 0. The number of aryl methyl sites for hydroxylation is 1. The van der Waals surface area contributed by atoms with E-state index in [0.29, 0.717) is 5.92 Å². The number of methoxy groups -OCH3 is 1. The number of aliphatic imine (C=N–C) groups is 1. The predicted molar refractivity (Wildman–Crippen MR) is 120 cm³/mol. The van der Waals surface area contributed by atoms with Crippen molar-refractivity contribution in [1.29, 1.82) is 0 Å². The second kappa shape index (κ2) is 9.34. The molecule has 0 unspecified atom stereocenters. The third-order valence-corrected chi connectivity index (χ3v) is 6.15. The fourth-order valence-electron chi connectivity index (χ4n) is 4.63. The third-order valence-electron chi connectivity index (χ3n) is 6.15. The fraction of sp³-hybridized carbons (Fsp3) is 0.480. The topological polar surface area (TPSA) is 53.2 Å². The Morgan fingerprint density at radius 2 is 2.07 bits per heavy atom. The summed E-state index contributed by atoms with van der Waals surface area (Å²) in [4.78, 5) is 11.8. The minimum atomic E-state index is 0.623. The number of aromatic amines is 2. The highest BCUT2D eigenvalue weighted by atomic mass is 16.5. The van der Waals surface area contributed by atoms with E-state index in [2.05, 4.69) is 29.0 Å². The van der Waals surface area contributed by atoms with Crippen LogP contribution in [0.15, 0.2) is 46.9 Å². The zero-order chi connectivity index (χ0) is 20.1. The first-order valence-electron chi connectivity index (χ1n) is 11.2. The number of rotatable bonds is 5. The van der Waals surface area contributed by atoms with Gasteiger partial charge in [-0.1, -0.05) is 39.0 Å². The van der Waals surface area contributed by atoms with Gasteiger partial charge in [-0.05, 0) is 61.4 Å². The molecule has 3 heterocycles. The van der Waals surface area contributed by atoms with Crippen molar-refractivity contribution < 1.29 is 4.74 Å². The van der Waals surface area contributed by atoms with Gasteiger partial charge in [0.25, 0.3) is 0 Å². The first-order chi connectivity index (χ1) is 14.3. The van der Waals surface area contributed by atoms with E-state index in [-0.39, 0.29) is 0 Å². The van der Waals surface area contributed by atoms with Crippen molar-refractivity contribution in [2.75, 3.05) is 7.11 Å². The molecule has 0 aromatic carbocycles. The van der Waals surface area contributed by atoms with Crippen molar-refractivity contribution in [1.82, 2.24) is 9.97 Å². The van der Waals surface area contributed by atoms with Crippen molar-refractivity contribution in [3.63, 3.8) is 0 Å². The summed E-state index contributed by atoms with van der Waals surface area (Å²) < 4.78 is 5.65. The number of nitrogens with one attached hydrogen (secondary N) is 2. The Morgan fingerprint density at radius 1 is 1.21 bits per heavy atom. The van der Waals surface area contributed by atoms with Crippen LogP contribution >= 0.6 is 0 Å². The summed E-state index contributed by atoms with van der Waals surface area (Å²) in [5.74, 6) is 1.45. The molecule has 0 saturated carbocycles. The minimum Gasteiger partial charge on any atom is -0.494 e. The van der Waals surface area contributed by atoms with Crippen LogP contribution in [0, 0.1) is 0 Å². The molecule has 1 aliphatic carbocycles. The smallest absolute Gasteiger partial charge is 0.146 e. The molecule has 1 aliphatic heterocycles. The molecule has 2 aliphatic rings. The Kier molecular flexibility index (Phi) is 6.38. The lowest BCUT2D eigenvalue weighted by Gasteiger charge is -2.16. The highest BCUT2D eigenvalue weighted by Gasteiger charge is 2.21. The average molecular weight is 392 g/mol. The Labute approximate surface area is 174 Å². The van der Waals surface area contributed by atoms with Gasteiger partial charge in [-0.15, -0.1) is 0 Å². The lowest BCUT2D eigenvalue weighted by atomic mass is 9.89. The quantitative estimate of drug-likeness (QED) is 0.601. The minimum absolute atomic E-state index is 0.623. The molecule has 2 N–H and O–H groups in total. The molecule has 0 spiro atoms. The molecule has 0 saturated heterocycles. The molecular weight excluding hydrogens is 358 g/mol. The van der Waals surface area contributed by atoms with Crippen LogP contribution in [0.1, 0.15) is 86.9 Å². The SMILES string of the molecule is CCC[C@H]1CCCCCCCc2cc1c(C=C1N=C(c3ccc[nH]3)C=C1OC)[nH]2. The fourth-order valence-corrected chi connectivity index (χ4v) is 4.63. The highest BCUT2D eigenvalue weighted by Crippen LogP contribution is 2.34. The first kappa shape index (κ1) is 19.8. The number of H-pyrrole nitrogens is 2. The summed E-state index contributed by atoms with van der Waals surface area (Å²) in [6.45, 7) is 2.30. The molecule has 0 radical (unpaired) electrons. The summed E-state index contributed by atoms with van der Waals surface area (Å²) in [5.41, 5.74) is 6.88. The maximum absolute atomic E-state index is 5.65. The van der Waals surface area contributed by atoms with Gasteiger partial charge in [0, 0.05) is 23.7 Å². The molecule has 2 aromatic heterocycles. The van der Waals surface area contributed by atoms with Crippen molar-refractivity contribution in [3.8, 4) is 0 Å². The van der Waals surface area contributed by atoms with Gasteiger partial charge >= 0.3 is 0 Å². The van der Waals surface area contributed by atoms with E-state index in [9.17, 15) is 0 Å². The van der Waals surface area contributed by atoms with Crippen molar-refractivity contribution in [2.45, 2.75) is 70.6 Å². The lowest BCUT2D eigenvalue weighted by Crippen LogP contribution is -2.00. The van der Waals surface area contributed by atoms with Crippen molar-refractivity contribution >= 4 is 11.8 Å². The number of nitrogens with zero attached hydrogens (tertiary/aromatic N) is 1. The van der Waals surface area contributed by atoms with Gasteiger partial charge < -0.3 is 14.7 Å². The largest absolute Gasteiger partial charge is 0.494 e. The second-order valence-corrected chi connectivity index (χ2v) is 8.28. The highest BCUT2D eigenvalue weighted by molar-refractivity contribution is 6.11. The zero-order valence-electron chi connectivity index (χ0n) is 17.8. The molecule has 2 bridgehead atoms. The predicted octanol–water partition coefficient (Wildman–Crippen LogP) is 6.50. The lowest BCUT2D eigenvalue weighted by molar-refractivity contribution is 0.303. The number of fused-ring (bicyclic) bond motifs is 2. The van der Waals surface area contributed by atoms with E-state index in [1.54, 1.807) is 7.11 Å². The molecule has 4 heteroatoms. The summed E-state index contributed by atoms with van der Waals surface area (Å²) >= 11 is 0. The van der Waals surface area contributed by atoms with E-state index >= 15 is 0 Å². The number of allylic oxidation sites excluding steroid dienone is 1. The first-order valence-corrected chi connectivity index (χ1v) is 11.2. The van der Waals surface area contributed by atoms with Crippen LogP contribution in [-0.2, 0) is 11.2 Å². The van der Waals surface area contributed by atoms with Gasteiger partial charge in [-0.2, -0.15) is 0 Å². The standard InChI is InChI=1S/C25H33N3O/c1-3-10-18-11-7-5-4-6-8-12-19-15-20(18)22(27-19)16-24-25(29-2)17-23(28-24)21-13-9-14-26-21/h9,13-18,26-27H,3-8,10-12H2,1-2H3/t18-/m0/s1. The molecule has 4 rings (SSSR count). The van der Waals surface area contributed by atoms with Crippen LogP contribution < -0.4 is 0 Å². The molecule has 2 aromatic rings. The zero-order valence-corrected chi connectivity index (χ0v) is 17.8. The molecule has 29 heavy (non-hydrogen) atoms. The van der Waals surface area contributed by atoms with E-state index < -0.39 is 0 Å². The third kappa shape index (κ3) is 4.58. The van der Waals surface area contributed by atoms with Crippen molar-refractivity contribution in [2.24, 2.45) is 4.99 Å². The number of aromatic nitrogens is 2. The molecule has 0 fully saturated rings.